The molecule has 1 aliphatic carbocycles. The quantitative estimate of drug-likeness (QED) is 0.170. The number of hydrogen-bond donors (Lipinski definition) is 1. The molecule has 2 fully saturated rings. The van der Waals surface area contributed by atoms with Crippen LogP contribution in [0.1, 0.15) is 99.1 Å². The van der Waals surface area contributed by atoms with E-state index in [1.165, 1.54) is 24.3 Å². The number of carbonyl (C=O) groups is 3. The van der Waals surface area contributed by atoms with Crippen molar-refractivity contribution in [3.63, 3.8) is 0 Å². The first kappa shape index (κ1) is 44.4. The van der Waals surface area contributed by atoms with Crippen LogP contribution >= 0.6 is 0 Å². The maximum Gasteiger partial charge on any atom is 0.338 e. The number of nitriles is 2. The summed E-state index contributed by atoms with van der Waals surface area (Å²) in [6.45, 7) is 11.8. The molecule has 1 spiro atoms. The van der Waals surface area contributed by atoms with Crippen LogP contribution < -0.4 is 0 Å². The molecule has 5 aliphatic rings. The number of benzene rings is 2. The highest BCUT2D eigenvalue weighted by Crippen LogP contribution is 2.48. The van der Waals surface area contributed by atoms with Crippen LogP contribution in [0, 0.1) is 46.3 Å². The van der Waals surface area contributed by atoms with Crippen molar-refractivity contribution in [3.05, 3.63) is 130 Å². The highest BCUT2D eigenvalue weighted by atomic mass is 16.7. The molecule has 4 aliphatic heterocycles. The summed E-state index contributed by atoms with van der Waals surface area (Å²) >= 11 is 0. The zero-order valence-electron chi connectivity index (χ0n) is 36.0. The van der Waals surface area contributed by atoms with Gasteiger partial charge >= 0.3 is 17.9 Å². The zero-order chi connectivity index (χ0) is 44.3. The standard InChI is InChI=1S/C50H54N2O10/c1-7-29(2)43-32(5)21-22-49(62-43)25-40-24-39(61-49)20-11-31(4)42(59-46(53)36-16-12-34(26-51)13-17-36)30(3)9-8-10-38-28-57-45-44(33(6)23-41(48(55)58-40)50(38,45)56)60-47(54)37-18-14-35(27-52)15-19-37/h8-19,21-23,29-30,32,39-45,56H,7,20,24-25,28H2,1-6H3/b9-8+,31-11+,38-10+/t29-,30-,32-,39+,40-,41-,42-,43+,44+,45+,49+,50+/m0/s1. The minimum absolute atomic E-state index is 0.0813. The topological polar surface area (TPSA) is 174 Å². The van der Waals surface area contributed by atoms with Crippen molar-refractivity contribution in [2.24, 2.45) is 23.7 Å². The van der Waals surface area contributed by atoms with E-state index in [-0.39, 0.29) is 42.4 Å². The molecule has 0 unspecified atom stereocenters. The summed E-state index contributed by atoms with van der Waals surface area (Å²) in [5, 5.41) is 31.4. The molecule has 12 nitrogen and oxygen atoms in total. The fourth-order valence-electron chi connectivity index (χ4n) is 9.21. The van der Waals surface area contributed by atoms with E-state index >= 15 is 0 Å². The maximum atomic E-state index is 14.6. The molecule has 0 radical (unpaired) electrons. The summed E-state index contributed by atoms with van der Waals surface area (Å²) in [7, 11) is 0. The molecule has 2 bridgehead atoms. The lowest BCUT2D eigenvalue weighted by atomic mass is 9.70. The largest absolute Gasteiger partial charge is 0.462 e. The second-order valence-corrected chi connectivity index (χ2v) is 17.3. The van der Waals surface area contributed by atoms with Crippen molar-refractivity contribution in [1.82, 2.24) is 0 Å². The molecular weight excluding hydrogens is 789 g/mol. The predicted octanol–water partition coefficient (Wildman–Crippen LogP) is 7.78. The first-order chi connectivity index (χ1) is 29.7. The molecule has 12 atom stereocenters. The number of aliphatic hydroxyl groups is 1. The minimum Gasteiger partial charge on any atom is -0.462 e. The van der Waals surface area contributed by atoms with E-state index in [0.717, 1.165) is 12.0 Å². The molecule has 324 valence electrons. The van der Waals surface area contributed by atoms with Crippen molar-refractivity contribution in [3.8, 4) is 12.1 Å². The van der Waals surface area contributed by atoms with E-state index in [1.54, 1.807) is 49.4 Å². The van der Waals surface area contributed by atoms with Gasteiger partial charge in [-0.3, -0.25) is 4.79 Å². The zero-order valence-corrected chi connectivity index (χ0v) is 36.0. The fraction of sp³-hybridized carbons (Fsp3) is 0.460. The van der Waals surface area contributed by atoms with E-state index in [2.05, 4.69) is 32.9 Å². The Morgan fingerprint density at radius 1 is 0.887 bits per heavy atom. The third kappa shape index (κ3) is 8.97. The summed E-state index contributed by atoms with van der Waals surface area (Å²) in [4.78, 5) is 41.7. The Morgan fingerprint density at radius 2 is 1.52 bits per heavy atom. The number of fused-ring (bicyclic) bond motifs is 2. The van der Waals surface area contributed by atoms with E-state index in [9.17, 15) is 30.0 Å². The Morgan fingerprint density at radius 3 is 2.13 bits per heavy atom. The van der Waals surface area contributed by atoms with Crippen molar-refractivity contribution >= 4 is 17.9 Å². The van der Waals surface area contributed by atoms with Gasteiger partial charge in [-0.25, -0.2) is 9.59 Å². The van der Waals surface area contributed by atoms with Crippen LogP contribution in [0.2, 0.25) is 0 Å². The fourth-order valence-corrected chi connectivity index (χ4v) is 9.21. The van der Waals surface area contributed by atoms with Gasteiger partial charge in [-0.15, -0.1) is 0 Å². The van der Waals surface area contributed by atoms with Gasteiger partial charge in [0.2, 0.25) is 0 Å². The highest BCUT2D eigenvalue weighted by Gasteiger charge is 2.61. The number of hydrogen-bond acceptors (Lipinski definition) is 12. The van der Waals surface area contributed by atoms with Gasteiger partial charge in [-0.1, -0.05) is 70.6 Å². The molecule has 2 saturated heterocycles. The highest BCUT2D eigenvalue weighted by molar-refractivity contribution is 5.90. The van der Waals surface area contributed by atoms with Crippen molar-refractivity contribution in [2.75, 3.05) is 6.61 Å². The van der Waals surface area contributed by atoms with Gasteiger partial charge in [-0.2, -0.15) is 10.5 Å². The lowest BCUT2D eigenvalue weighted by molar-refractivity contribution is -0.300. The first-order valence-electron chi connectivity index (χ1n) is 21.4. The van der Waals surface area contributed by atoms with Gasteiger partial charge in [0, 0.05) is 24.7 Å². The summed E-state index contributed by atoms with van der Waals surface area (Å²) in [5.41, 5.74) is 0.960. The van der Waals surface area contributed by atoms with E-state index in [0.29, 0.717) is 40.7 Å². The second-order valence-electron chi connectivity index (χ2n) is 17.3. The number of ether oxygens (including phenoxy) is 6. The van der Waals surface area contributed by atoms with E-state index in [1.807, 2.05) is 38.1 Å². The van der Waals surface area contributed by atoms with Crippen LogP contribution in [0.5, 0.6) is 0 Å². The third-order valence-electron chi connectivity index (χ3n) is 13.0. The summed E-state index contributed by atoms with van der Waals surface area (Å²) in [6.07, 6.45) is 10.5. The molecule has 0 amide bonds. The Bertz CT molecular complexity index is 2280. The Kier molecular flexibility index (Phi) is 13.2. The third-order valence-corrected chi connectivity index (χ3v) is 13.0. The van der Waals surface area contributed by atoms with Crippen molar-refractivity contribution in [2.45, 2.75) is 115 Å². The van der Waals surface area contributed by atoms with Crippen LogP contribution in [0.4, 0.5) is 0 Å². The first-order valence-corrected chi connectivity index (χ1v) is 21.4. The van der Waals surface area contributed by atoms with Crippen LogP contribution in [0.3, 0.4) is 0 Å². The number of rotatable bonds is 6. The van der Waals surface area contributed by atoms with E-state index < -0.39 is 65.7 Å². The van der Waals surface area contributed by atoms with Crippen LogP contribution in [-0.2, 0) is 33.2 Å². The normalized spacial score (nSPS) is 35.9. The van der Waals surface area contributed by atoms with Crippen LogP contribution in [-0.4, -0.2) is 77.6 Å². The summed E-state index contributed by atoms with van der Waals surface area (Å²) in [6, 6.07) is 16.4. The number of carbonyl (C=O) groups excluding carboxylic acids is 3. The Balaban J connectivity index is 1.27. The molecule has 12 heteroatoms. The van der Waals surface area contributed by atoms with Gasteiger partial charge in [0.25, 0.3) is 0 Å². The average molecular weight is 843 g/mol. The molecule has 0 aromatic heterocycles. The van der Waals surface area contributed by atoms with Gasteiger partial charge in [-0.05, 0) is 97.5 Å². The van der Waals surface area contributed by atoms with Gasteiger partial charge in [0.05, 0.1) is 53.2 Å². The van der Waals surface area contributed by atoms with Crippen LogP contribution in [0.25, 0.3) is 0 Å². The average Bonchev–Trinajstić information content (AvgIpc) is 3.61. The molecule has 7 rings (SSSR count). The number of esters is 3. The molecule has 4 heterocycles. The van der Waals surface area contributed by atoms with Crippen molar-refractivity contribution < 1.29 is 47.9 Å². The molecular formula is C50H54N2O10. The summed E-state index contributed by atoms with van der Waals surface area (Å²) in [5.74, 6) is -4.36. The van der Waals surface area contributed by atoms with Crippen molar-refractivity contribution in [1.29, 1.82) is 10.5 Å². The van der Waals surface area contributed by atoms with Gasteiger partial charge < -0.3 is 33.5 Å². The minimum atomic E-state index is -1.99. The van der Waals surface area contributed by atoms with Gasteiger partial charge in [0.15, 0.2) is 11.9 Å². The van der Waals surface area contributed by atoms with E-state index in [4.69, 9.17) is 28.4 Å². The van der Waals surface area contributed by atoms with Crippen LogP contribution in [0.15, 0.2) is 108 Å². The second kappa shape index (κ2) is 18.4. The maximum absolute atomic E-state index is 14.6. The molecule has 62 heavy (non-hydrogen) atoms. The lowest BCUT2D eigenvalue weighted by Gasteiger charge is -2.48. The Hall–Kier alpha value is -5.63. The van der Waals surface area contributed by atoms with Gasteiger partial charge in [0.1, 0.15) is 29.8 Å². The number of nitrogens with zero attached hydrogens (tertiary/aromatic N) is 2. The monoisotopic (exact) mass is 842 g/mol. The summed E-state index contributed by atoms with van der Waals surface area (Å²) < 4.78 is 38.6. The number of allylic oxidation sites excluding steroid dienone is 2. The molecule has 2 aromatic rings. The SMILES string of the molecule is CC[C@H](C)[C@H]1O[C@]2(C=C[C@@H]1C)C[C@@H]1C[C@@H](C/C=C(\C)[C@@H](OC(=O)c3ccc(C#N)cc3)[C@@H](C)/C=C/C=C3\CO[C@@H]4[C@H](OC(=O)c5ccc(C#N)cc5)C(C)=C[C@@H](C(=O)O1)[C@]34O)O2. The smallest absolute Gasteiger partial charge is 0.338 e. The lowest BCUT2D eigenvalue weighted by Crippen LogP contribution is -2.59. The molecule has 2 aromatic carbocycles. The molecule has 0 saturated carbocycles. The Labute approximate surface area is 363 Å². The predicted molar refractivity (Wildman–Crippen MR) is 227 cm³/mol. The molecule has 1 N–H and O–H groups in total.